The Labute approximate surface area is 137 Å². The Morgan fingerprint density at radius 1 is 1.09 bits per heavy atom. The molecule has 3 rings (SSSR count). The van der Waals surface area contributed by atoms with Gasteiger partial charge in [-0.15, -0.1) is 22.7 Å². The van der Waals surface area contributed by atoms with Crippen molar-refractivity contribution < 1.29 is 4.79 Å². The van der Waals surface area contributed by atoms with Gasteiger partial charge in [-0.1, -0.05) is 12.1 Å². The summed E-state index contributed by atoms with van der Waals surface area (Å²) in [4.78, 5) is 25.3. The molecule has 0 aliphatic heterocycles. The summed E-state index contributed by atoms with van der Waals surface area (Å²) in [5.41, 5.74) is 0.445. The van der Waals surface area contributed by atoms with Crippen molar-refractivity contribution in [2.75, 3.05) is 0 Å². The van der Waals surface area contributed by atoms with Gasteiger partial charge in [-0.3, -0.25) is 4.79 Å². The molecule has 3 aromatic heterocycles. The number of hydrogen-bond donors (Lipinski definition) is 0. The topological polar surface area (TPSA) is 46.1 Å². The van der Waals surface area contributed by atoms with E-state index in [2.05, 4.69) is 9.97 Å². The monoisotopic (exact) mass is 329 g/mol. The lowest BCUT2D eigenvalue weighted by atomic mass is 10.3. The Morgan fingerprint density at radius 2 is 1.73 bits per heavy atom. The van der Waals surface area contributed by atoms with Crippen molar-refractivity contribution in [2.24, 2.45) is 0 Å². The Hall–Kier alpha value is -2.05. The highest BCUT2D eigenvalue weighted by Gasteiger charge is 2.19. The van der Waals surface area contributed by atoms with Crippen LogP contribution in [-0.4, -0.2) is 20.8 Å². The zero-order valence-corrected chi connectivity index (χ0v) is 13.7. The Bertz CT molecular complexity index is 702. The van der Waals surface area contributed by atoms with Crippen molar-refractivity contribution >= 4 is 28.6 Å². The maximum Gasteiger partial charge on any atom is 0.273 e. The van der Waals surface area contributed by atoms with Crippen LogP contribution in [0.5, 0.6) is 0 Å². The molecule has 0 atom stereocenters. The highest BCUT2D eigenvalue weighted by molar-refractivity contribution is 7.10. The van der Waals surface area contributed by atoms with Crippen LogP contribution < -0.4 is 0 Å². The van der Waals surface area contributed by atoms with Gasteiger partial charge in [0.15, 0.2) is 0 Å². The van der Waals surface area contributed by atoms with Gasteiger partial charge in [0.25, 0.3) is 5.91 Å². The van der Waals surface area contributed by atoms with Crippen LogP contribution in [-0.2, 0) is 13.1 Å². The first-order chi connectivity index (χ1) is 10.7. The first-order valence-electron chi connectivity index (χ1n) is 6.86. The number of thiophene rings is 2. The van der Waals surface area contributed by atoms with E-state index in [1.165, 1.54) is 0 Å². The maximum absolute atomic E-state index is 12.8. The smallest absolute Gasteiger partial charge is 0.273 e. The minimum atomic E-state index is -0.0627. The molecule has 0 N–H and O–H groups in total. The third-order valence-corrected chi connectivity index (χ3v) is 4.86. The zero-order chi connectivity index (χ0) is 15.4. The molecule has 3 aromatic rings. The summed E-state index contributed by atoms with van der Waals surface area (Å²) < 4.78 is 0. The summed E-state index contributed by atoms with van der Waals surface area (Å²) in [7, 11) is 0. The molecular formula is C16H15N3OS2. The molecular weight excluding hydrogens is 314 g/mol. The lowest BCUT2D eigenvalue weighted by molar-refractivity contribution is 0.0727. The predicted octanol–water partition coefficient (Wildman–Crippen LogP) is 3.75. The lowest BCUT2D eigenvalue weighted by Gasteiger charge is -2.21. The van der Waals surface area contributed by atoms with Crippen LogP contribution in [0.1, 0.15) is 26.1 Å². The quantitative estimate of drug-likeness (QED) is 0.716. The standard InChI is InChI=1S/C16H15N3OS2/c1-12-17-7-6-15(18-12)16(20)19(10-13-4-2-8-21-13)11-14-5-3-9-22-14/h2-9H,10-11H2,1H3. The molecule has 0 saturated carbocycles. The molecule has 0 aliphatic carbocycles. The van der Waals surface area contributed by atoms with Gasteiger partial charge in [0.05, 0.1) is 13.1 Å². The van der Waals surface area contributed by atoms with Crippen LogP contribution >= 0.6 is 22.7 Å². The van der Waals surface area contributed by atoms with Crippen LogP contribution in [0.4, 0.5) is 0 Å². The molecule has 1 amide bonds. The number of aromatic nitrogens is 2. The molecule has 22 heavy (non-hydrogen) atoms. The van der Waals surface area contributed by atoms with E-state index in [9.17, 15) is 4.79 Å². The number of rotatable bonds is 5. The average molecular weight is 329 g/mol. The maximum atomic E-state index is 12.8. The van der Waals surface area contributed by atoms with Gasteiger partial charge in [0.1, 0.15) is 11.5 Å². The molecule has 6 heteroatoms. The van der Waals surface area contributed by atoms with Gasteiger partial charge in [-0.05, 0) is 35.9 Å². The van der Waals surface area contributed by atoms with Gasteiger partial charge in [-0.25, -0.2) is 9.97 Å². The van der Waals surface area contributed by atoms with Crippen LogP contribution in [0.25, 0.3) is 0 Å². The normalized spacial score (nSPS) is 10.6. The Kier molecular flexibility index (Phi) is 4.60. The SMILES string of the molecule is Cc1nccc(C(=O)N(Cc2cccs2)Cc2cccs2)n1. The van der Waals surface area contributed by atoms with Crippen molar-refractivity contribution in [3.63, 3.8) is 0 Å². The first-order valence-corrected chi connectivity index (χ1v) is 8.62. The molecule has 112 valence electrons. The fourth-order valence-corrected chi connectivity index (χ4v) is 3.56. The molecule has 0 spiro atoms. The van der Waals surface area contributed by atoms with E-state index in [4.69, 9.17) is 0 Å². The number of carbonyl (C=O) groups is 1. The molecule has 0 radical (unpaired) electrons. The molecule has 0 unspecified atom stereocenters. The third-order valence-electron chi connectivity index (χ3n) is 3.14. The van der Waals surface area contributed by atoms with E-state index < -0.39 is 0 Å². The molecule has 0 bridgehead atoms. The number of carbonyl (C=O) groups excluding carboxylic acids is 1. The number of amides is 1. The average Bonchev–Trinajstić information content (AvgIpc) is 3.19. The summed E-state index contributed by atoms with van der Waals surface area (Å²) in [6, 6.07) is 9.77. The summed E-state index contributed by atoms with van der Waals surface area (Å²) in [5.74, 6) is 0.547. The fraction of sp³-hybridized carbons (Fsp3) is 0.188. The molecule has 4 nitrogen and oxygen atoms in total. The summed E-state index contributed by atoms with van der Waals surface area (Å²) in [6.07, 6.45) is 1.63. The lowest BCUT2D eigenvalue weighted by Crippen LogP contribution is -2.30. The molecule has 3 heterocycles. The highest BCUT2D eigenvalue weighted by Crippen LogP contribution is 2.18. The minimum absolute atomic E-state index is 0.0627. The van der Waals surface area contributed by atoms with E-state index in [0.717, 1.165) is 9.75 Å². The third kappa shape index (κ3) is 3.58. The van der Waals surface area contributed by atoms with E-state index in [1.807, 2.05) is 39.9 Å². The van der Waals surface area contributed by atoms with Crippen LogP contribution in [0.15, 0.2) is 47.3 Å². The molecule has 0 aromatic carbocycles. The van der Waals surface area contributed by atoms with Crippen LogP contribution in [0, 0.1) is 6.92 Å². The van der Waals surface area contributed by atoms with Crippen molar-refractivity contribution in [3.8, 4) is 0 Å². The number of hydrogen-bond acceptors (Lipinski definition) is 5. The number of aryl methyl sites for hydroxylation is 1. The summed E-state index contributed by atoms with van der Waals surface area (Å²) in [5, 5.41) is 4.05. The van der Waals surface area contributed by atoms with Gasteiger partial charge in [0.2, 0.25) is 0 Å². The van der Waals surface area contributed by atoms with Crippen molar-refractivity contribution in [3.05, 3.63) is 68.6 Å². The second-order valence-corrected chi connectivity index (χ2v) is 6.87. The van der Waals surface area contributed by atoms with Crippen molar-refractivity contribution in [1.82, 2.24) is 14.9 Å². The largest absolute Gasteiger partial charge is 0.327 e. The van der Waals surface area contributed by atoms with Gasteiger partial charge in [-0.2, -0.15) is 0 Å². The minimum Gasteiger partial charge on any atom is -0.327 e. The Morgan fingerprint density at radius 3 is 2.23 bits per heavy atom. The van der Waals surface area contributed by atoms with Gasteiger partial charge < -0.3 is 4.90 Å². The van der Waals surface area contributed by atoms with Crippen molar-refractivity contribution in [2.45, 2.75) is 20.0 Å². The van der Waals surface area contributed by atoms with Crippen molar-refractivity contribution in [1.29, 1.82) is 0 Å². The predicted molar refractivity (Wildman–Crippen MR) is 89.0 cm³/mol. The summed E-state index contributed by atoms with van der Waals surface area (Å²) >= 11 is 3.31. The highest BCUT2D eigenvalue weighted by atomic mass is 32.1. The van der Waals surface area contributed by atoms with E-state index in [1.54, 1.807) is 41.9 Å². The van der Waals surface area contributed by atoms with E-state index in [-0.39, 0.29) is 5.91 Å². The second-order valence-electron chi connectivity index (χ2n) is 4.81. The molecule has 0 fully saturated rings. The molecule has 0 saturated heterocycles. The number of nitrogens with zero attached hydrogens (tertiary/aromatic N) is 3. The zero-order valence-electron chi connectivity index (χ0n) is 12.1. The van der Waals surface area contributed by atoms with Gasteiger partial charge in [0, 0.05) is 16.0 Å². The van der Waals surface area contributed by atoms with Gasteiger partial charge >= 0.3 is 0 Å². The second kappa shape index (κ2) is 6.81. The van der Waals surface area contributed by atoms with E-state index >= 15 is 0 Å². The first kappa shape index (κ1) is 14.9. The van der Waals surface area contributed by atoms with E-state index in [0.29, 0.717) is 24.6 Å². The molecule has 0 aliphatic rings. The Balaban J connectivity index is 1.85. The van der Waals surface area contributed by atoms with Crippen LogP contribution in [0.2, 0.25) is 0 Å². The summed E-state index contributed by atoms with van der Waals surface area (Å²) in [6.45, 7) is 2.98. The fourth-order valence-electron chi connectivity index (χ4n) is 2.12. The van der Waals surface area contributed by atoms with Crippen LogP contribution in [0.3, 0.4) is 0 Å².